The minimum Gasteiger partial charge on any atom is -0.436 e. The first-order valence-electron chi connectivity index (χ1n) is 11.2. The Morgan fingerprint density at radius 2 is 2.06 bits per heavy atom. The van der Waals surface area contributed by atoms with Gasteiger partial charge in [0.15, 0.2) is 5.89 Å². The highest BCUT2D eigenvalue weighted by molar-refractivity contribution is 7.15. The number of carbonyl (C=O) groups excluding carboxylic acids is 2. The zero-order valence-electron chi connectivity index (χ0n) is 20.0. The number of thiophene rings is 1. The standard InChI is InChI=1S/C14H19NOS.C11H16N2O2/c1-4-7-9-12-11(8-5-2)10-13(17-12)14(16)15-6-3;1-7-4-5-13(6-7)11(14)10-8(2)12-9(3)15-10/h5,7-10H,4,6H2,1-3H3,(H,15,16);7H,4-6H2,1-3H3/b8-5-,9-7+;. The number of aryl methyl sites for hydroxylation is 2. The number of hydrogen-bond donors (Lipinski definition) is 1. The maximum Gasteiger partial charge on any atom is 0.291 e. The van der Waals surface area contributed by atoms with Gasteiger partial charge in [-0.3, -0.25) is 9.59 Å². The highest BCUT2D eigenvalue weighted by Crippen LogP contribution is 2.25. The smallest absolute Gasteiger partial charge is 0.291 e. The molecule has 174 valence electrons. The van der Waals surface area contributed by atoms with E-state index in [-0.39, 0.29) is 11.8 Å². The summed E-state index contributed by atoms with van der Waals surface area (Å²) in [6, 6.07) is 1.95. The molecule has 7 heteroatoms. The lowest BCUT2D eigenvalue weighted by Crippen LogP contribution is -2.28. The Morgan fingerprint density at radius 1 is 1.31 bits per heavy atom. The molecule has 0 saturated carbocycles. The molecule has 0 aliphatic carbocycles. The van der Waals surface area contributed by atoms with Crippen LogP contribution < -0.4 is 5.32 Å². The summed E-state index contributed by atoms with van der Waals surface area (Å²) in [4.78, 5) is 31.6. The van der Waals surface area contributed by atoms with E-state index in [4.69, 9.17) is 4.42 Å². The first-order valence-corrected chi connectivity index (χ1v) is 12.1. The van der Waals surface area contributed by atoms with Crippen molar-refractivity contribution in [2.24, 2.45) is 5.92 Å². The largest absolute Gasteiger partial charge is 0.436 e. The molecule has 0 aromatic carbocycles. The van der Waals surface area contributed by atoms with Gasteiger partial charge in [-0.15, -0.1) is 11.3 Å². The number of carbonyl (C=O) groups is 2. The molecule has 2 aromatic heterocycles. The number of rotatable bonds is 6. The second kappa shape index (κ2) is 12.4. The Hall–Kier alpha value is -2.67. The Kier molecular flexibility index (Phi) is 9.91. The van der Waals surface area contributed by atoms with Crippen LogP contribution in [0.1, 0.15) is 82.8 Å². The summed E-state index contributed by atoms with van der Waals surface area (Å²) >= 11 is 1.54. The SMILES string of the molecule is C/C=C\c1cc(C(=O)NCC)sc1/C=C/CC.Cc1nc(C)c(C(=O)N2CCC(C)C2)o1. The van der Waals surface area contributed by atoms with Gasteiger partial charge < -0.3 is 14.6 Å². The second-order valence-corrected chi connectivity index (χ2v) is 8.98. The first kappa shape index (κ1) is 25.6. The van der Waals surface area contributed by atoms with Crippen molar-refractivity contribution in [3.05, 3.63) is 50.9 Å². The molecule has 3 heterocycles. The fraction of sp³-hybridized carbons (Fsp3) is 0.480. The fourth-order valence-corrected chi connectivity index (χ4v) is 4.43. The van der Waals surface area contributed by atoms with E-state index in [0.717, 1.165) is 41.2 Å². The molecule has 2 aromatic rings. The van der Waals surface area contributed by atoms with Crippen LogP contribution in [0.15, 0.2) is 22.6 Å². The fourth-order valence-electron chi connectivity index (χ4n) is 3.44. The molecule has 1 atom stereocenters. The van der Waals surface area contributed by atoms with E-state index >= 15 is 0 Å². The predicted molar refractivity (Wildman–Crippen MR) is 132 cm³/mol. The average Bonchev–Trinajstić information content (AvgIpc) is 3.45. The quantitative estimate of drug-likeness (QED) is 0.601. The maximum atomic E-state index is 12.0. The van der Waals surface area contributed by atoms with Gasteiger partial charge in [0.1, 0.15) is 0 Å². The number of aromatic nitrogens is 1. The second-order valence-electron chi connectivity index (χ2n) is 7.89. The van der Waals surface area contributed by atoms with Crippen LogP contribution in [0.4, 0.5) is 0 Å². The Bertz CT molecular complexity index is 971. The number of hydrogen-bond acceptors (Lipinski definition) is 5. The minimum atomic E-state index is -0.0162. The van der Waals surface area contributed by atoms with Crippen molar-refractivity contribution in [2.75, 3.05) is 19.6 Å². The highest BCUT2D eigenvalue weighted by atomic mass is 32.1. The molecule has 2 amide bonds. The Balaban J connectivity index is 0.000000228. The lowest BCUT2D eigenvalue weighted by Gasteiger charge is -2.13. The van der Waals surface area contributed by atoms with Crippen LogP contribution in [0.5, 0.6) is 0 Å². The summed E-state index contributed by atoms with van der Waals surface area (Å²) in [5, 5.41) is 2.82. The van der Waals surface area contributed by atoms with Gasteiger partial charge in [-0.2, -0.15) is 0 Å². The number of likely N-dealkylation sites (tertiary alicyclic amines) is 1. The number of nitrogens with one attached hydrogen (secondary N) is 1. The van der Waals surface area contributed by atoms with E-state index in [0.29, 0.717) is 29.8 Å². The molecule has 0 bridgehead atoms. The Labute approximate surface area is 195 Å². The van der Waals surface area contributed by atoms with Crippen molar-refractivity contribution in [1.82, 2.24) is 15.2 Å². The van der Waals surface area contributed by atoms with Crippen LogP contribution in [-0.4, -0.2) is 41.3 Å². The van der Waals surface area contributed by atoms with E-state index in [1.165, 1.54) is 11.3 Å². The van der Waals surface area contributed by atoms with Gasteiger partial charge >= 0.3 is 0 Å². The van der Waals surface area contributed by atoms with Crippen LogP contribution in [0, 0.1) is 19.8 Å². The third kappa shape index (κ3) is 6.92. The van der Waals surface area contributed by atoms with Gasteiger partial charge in [-0.25, -0.2) is 4.98 Å². The van der Waals surface area contributed by atoms with Crippen LogP contribution in [0.2, 0.25) is 0 Å². The lowest BCUT2D eigenvalue weighted by molar-refractivity contribution is 0.0754. The zero-order chi connectivity index (χ0) is 23.7. The van der Waals surface area contributed by atoms with Gasteiger partial charge in [0.25, 0.3) is 11.8 Å². The summed E-state index contributed by atoms with van der Waals surface area (Å²) in [5.74, 6) is 1.56. The normalized spacial score (nSPS) is 15.9. The maximum absolute atomic E-state index is 12.0. The molecular weight excluding hydrogens is 422 g/mol. The molecule has 0 spiro atoms. The van der Waals surface area contributed by atoms with Crippen molar-refractivity contribution < 1.29 is 14.0 Å². The summed E-state index contributed by atoms with van der Waals surface area (Å²) in [7, 11) is 0. The number of nitrogens with zero attached hydrogens (tertiary/aromatic N) is 2. The summed E-state index contributed by atoms with van der Waals surface area (Å²) < 4.78 is 5.32. The molecule has 1 saturated heterocycles. The van der Waals surface area contributed by atoms with E-state index in [1.54, 1.807) is 6.92 Å². The Morgan fingerprint density at radius 3 is 2.59 bits per heavy atom. The van der Waals surface area contributed by atoms with Crippen LogP contribution in [0.3, 0.4) is 0 Å². The number of oxazole rings is 1. The number of allylic oxidation sites excluding steroid dienone is 2. The van der Waals surface area contributed by atoms with Crippen molar-refractivity contribution >= 4 is 35.3 Å². The predicted octanol–water partition coefficient (Wildman–Crippen LogP) is 5.73. The van der Waals surface area contributed by atoms with E-state index < -0.39 is 0 Å². The summed E-state index contributed by atoms with van der Waals surface area (Å²) in [5.41, 5.74) is 1.81. The molecule has 6 nitrogen and oxygen atoms in total. The first-order chi connectivity index (χ1) is 15.3. The van der Waals surface area contributed by atoms with Gasteiger partial charge in [0, 0.05) is 31.4 Å². The topological polar surface area (TPSA) is 75.4 Å². The van der Waals surface area contributed by atoms with Crippen molar-refractivity contribution in [3.63, 3.8) is 0 Å². The van der Waals surface area contributed by atoms with E-state index in [9.17, 15) is 9.59 Å². The highest BCUT2D eigenvalue weighted by Gasteiger charge is 2.27. The van der Waals surface area contributed by atoms with Crippen LogP contribution in [-0.2, 0) is 0 Å². The van der Waals surface area contributed by atoms with Crippen molar-refractivity contribution in [3.8, 4) is 0 Å². The zero-order valence-corrected chi connectivity index (χ0v) is 20.8. The molecular formula is C25H35N3O3S. The molecule has 1 N–H and O–H groups in total. The molecule has 1 unspecified atom stereocenters. The minimum absolute atomic E-state index is 0.0133. The monoisotopic (exact) mass is 457 g/mol. The van der Waals surface area contributed by atoms with Gasteiger partial charge in [-0.1, -0.05) is 32.1 Å². The van der Waals surface area contributed by atoms with Gasteiger partial charge in [0.2, 0.25) is 5.76 Å². The van der Waals surface area contributed by atoms with Crippen LogP contribution >= 0.6 is 11.3 Å². The molecule has 3 rings (SSSR count). The van der Waals surface area contributed by atoms with E-state index in [2.05, 4.69) is 36.3 Å². The molecule has 1 fully saturated rings. The molecule has 32 heavy (non-hydrogen) atoms. The molecule has 0 radical (unpaired) electrons. The number of amides is 2. The third-order valence-corrected chi connectivity index (χ3v) is 6.13. The van der Waals surface area contributed by atoms with Gasteiger partial charge in [0.05, 0.1) is 10.6 Å². The third-order valence-electron chi connectivity index (χ3n) is 5.01. The molecule has 1 aliphatic rings. The van der Waals surface area contributed by atoms with Crippen molar-refractivity contribution in [1.29, 1.82) is 0 Å². The van der Waals surface area contributed by atoms with E-state index in [1.807, 2.05) is 43.9 Å². The van der Waals surface area contributed by atoms with Crippen LogP contribution in [0.25, 0.3) is 12.2 Å². The summed E-state index contributed by atoms with van der Waals surface area (Å²) in [6.45, 7) is 14.1. The average molecular weight is 458 g/mol. The molecule has 1 aliphatic heterocycles. The lowest BCUT2D eigenvalue weighted by atomic mass is 10.2. The van der Waals surface area contributed by atoms with Crippen molar-refractivity contribution in [2.45, 2.75) is 54.4 Å². The summed E-state index contributed by atoms with van der Waals surface area (Å²) in [6.07, 6.45) is 10.3. The van der Waals surface area contributed by atoms with Gasteiger partial charge in [-0.05, 0) is 57.2 Å².